The molecule has 0 unspecified atom stereocenters. The van der Waals surface area contributed by atoms with Gasteiger partial charge < -0.3 is 14.4 Å². The molecule has 5 nitrogen and oxygen atoms in total. The van der Waals surface area contributed by atoms with E-state index in [0.29, 0.717) is 17.1 Å². The number of rotatable bonds is 3. The minimum absolute atomic E-state index is 0. The van der Waals surface area contributed by atoms with Crippen LogP contribution in [0.1, 0.15) is 26.3 Å². The van der Waals surface area contributed by atoms with Gasteiger partial charge in [-0.1, -0.05) is 68.8 Å². The van der Waals surface area contributed by atoms with Crippen LogP contribution in [0.2, 0.25) is 0 Å². The van der Waals surface area contributed by atoms with Gasteiger partial charge in [-0.05, 0) is 57.5 Å². The Labute approximate surface area is 246 Å². The Balaban J connectivity index is 0.00000289. The number of fused-ring (bicyclic) bond motifs is 6. The van der Waals surface area contributed by atoms with Crippen LogP contribution >= 0.6 is 0 Å². The summed E-state index contributed by atoms with van der Waals surface area (Å²) in [5, 5.41) is 15.8. The molecule has 4 aromatic carbocycles. The van der Waals surface area contributed by atoms with Crippen molar-refractivity contribution in [2.24, 2.45) is 0 Å². The van der Waals surface area contributed by atoms with Crippen molar-refractivity contribution in [3.63, 3.8) is 0 Å². The first kappa shape index (κ1) is 26.0. The standard InChI is InChI=1S/C34H26N3O2.Pt/c1-34(2,3)22-16-17-35-31(19-22)37-28-11-7-6-10-25(28)26-13-12-23(20-29(26)37)39-32-15-14-27-24-9-5-4-8-21(24)18-30(38)33(27)36-32;/h4-19,38H,1-3H3;/q-1;. The summed E-state index contributed by atoms with van der Waals surface area (Å²) < 4.78 is 8.35. The molecule has 1 N–H and O–H groups in total. The van der Waals surface area contributed by atoms with E-state index >= 15 is 0 Å². The average Bonchev–Trinajstić information content (AvgIpc) is 3.26. The van der Waals surface area contributed by atoms with Gasteiger partial charge in [0.1, 0.15) is 17.1 Å². The van der Waals surface area contributed by atoms with Crippen LogP contribution in [0, 0.1) is 6.07 Å². The Kier molecular flexibility index (Phi) is 6.35. The third-order valence-electron chi connectivity index (χ3n) is 7.27. The van der Waals surface area contributed by atoms with Crippen molar-refractivity contribution in [3.8, 4) is 23.2 Å². The average molecular weight is 704 g/mol. The molecule has 40 heavy (non-hydrogen) atoms. The zero-order valence-corrected chi connectivity index (χ0v) is 24.5. The molecule has 7 rings (SSSR count). The van der Waals surface area contributed by atoms with E-state index in [1.807, 2.05) is 60.8 Å². The molecule has 7 aromatic rings. The maximum absolute atomic E-state index is 10.7. The van der Waals surface area contributed by atoms with Gasteiger partial charge in [-0.3, -0.25) is 0 Å². The van der Waals surface area contributed by atoms with Gasteiger partial charge in [0.25, 0.3) is 0 Å². The van der Waals surface area contributed by atoms with Gasteiger partial charge in [0, 0.05) is 50.0 Å². The molecule has 3 heterocycles. The summed E-state index contributed by atoms with van der Waals surface area (Å²) in [6.45, 7) is 6.60. The second-order valence-corrected chi connectivity index (χ2v) is 10.9. The van der Waals surface area contributed by atoms with Crippen LogP contribution in [-0.2, 0) is 26.5 Å². The molecule has 0 aliphatic carbocycles. The van der Waals surface area contributed by atoms with Crippen LogP contribution in [-0.4, -0.2) is 19.6 Å². The third kappa shape index (κ3) is 4.31. The fourth-order valence-electron chi connectivity index (χ4n) is 5.29. The molecule has 0 bridgehead atoms. The number of hydrogen-bond acceptors (Lipinski definition) is 4. The van der Waals surface area contributed by atoms with Crippen LogP contribution in [0.4, 0.5) is 0 Å². The first-order valence-electron chi connectivity index (χ1n) is 13.0. The molecule has 0 amide bonds. The molecule has 200 valence electrons. The van der Waals surface area contributed by atoms with Gasteiger partial charge in [0.2, 0.25) is 5.88 Å². The van der Waals surface area contributed by atoms with Gasteiger partial charge in [-0.2, -0.15) is 6.07 Å². The smallest absolute Gasteiger partial charge is 0.217 e. The second kappa shape index (κ2) is 9.76. The Morgan fingerprint density at radius 1 is 0.800 bits per heavy atom. The number of nitrogens with zero attached hydrogens (tertiary/aromatic N) is 3. The van der Waals surface area contributed by atoms with Gasteiger partial charge in [0.05, 0.1) is 0 Å². The van der Waals surface area contributed by atoms with Crippen molar-refractivity contribution < 1.29 is 30.9 Å². The Morgan fingerprint density at radius 2 is 1.55 bits per heavy atom. The van der Waals surface area contributed by atoms with E-state index in [1.165, 1.54) is 5.56 Å². The number of phenols is 1. The first-order chi connectivity index (χ1) is 18.9. The second-order valence-electron chi connectivity index (χ2n) is 10.9. The fraction of sp³-hybridized carbons (Fsp3) is 0.118. The monoisotopic (exact) mass is 703 g/mol. The summed E-state index contributed by atoms with van der Waals surface area (Å²) in [6, 6.07) is 33.4. The van der Waals surface area contributed by atoms with E-state index in [4.69, 9.17) is 9.72 Å². The summed E-state index contributed by atoms with van der Waals surface area (Å²) in [6.07, 6.45) is 1.87. The number of benzene rings is 4. The minimum Gasteiger partial charge on any atom is -0.506 e. The molecule has 0 saturated carbocycles. The van der Waals surface area contributed by atoms with Crippen LogP contribution < -0.4 is 4.74 Å². The van der Waals surface area contributed by atoms with Crippen LogP contribution in [0.25, 0.3) is 49.3 Å². The van der Waals surface area contributed by atoms with Crippen molar-refractivity contribution in [1.82, 2.24) is 14.5 Å². The molecule has 6 heteroatoms. The Bertz CT molecular complexity index is 2060. The van der Waals surface area contributed by atoms with E-state index in [1.54, 1.807) is 6.07 Å². The SMILES string of the molecule is CC(C)(C)c1ccnc(-n2c3[c-]c(Oc4ccc5c(n4)c(O)cc4ccccc45)ccc3c3ccccc32)c1.[Pt]. The van der Waals surface area contributed by atoms with Gasteiger partial charge >= 0.3 is 0 Å². The number of ether oxygens (including phenoxy) is 1. The van der Waals surface area contributed by atoms with Crippen molar-refractivity contribution in [2.45, 2.75) is 26.2 Å². The van der Waals surface area contributed by atoms with E-state index in [9.17, 15) is 5.11 Å². The van der Waals surface area contributed by atoms with Crippen LogP contribution in [0.15, 0.2) is 97.2 Å². The summed E-state index contributed by atoms with van der Waals surface area (Å²) >= 11 is 0. The summed E-state index contributed by atoms with van der Waals surface area (Å²) in [5.74, 6) is 1.88. The maximum atomic E-state index is 10.7. The van der Waals surface area contributed by atoms with E-state index in [0.717, 1.165) is 43.8 Å². The molecule has 0 saturated heterocycles. The van der Waals surface area contributed by atoms with Crippen molar-refractivity contribution >= 4 is 43.5 Å². The zero-order chi connectivity index (χ0) is 26.7. The Hall–Kier alpha value is -4.21. The van der Waals surface area contributed by atoms with E-state index in [2.05, 4.69) is 66.7 Å². The molecule has 0 aliphatic rings. The summed E-state index contributed by atoms with van der Waals surface area (Å²) in [7, 11) is 0. The van der Waals surface area contributed by atoms with Crippen molar-refractivity contribution in [2.75, 3.05) is 0 Å². The number of phenolic OH excluding ortho intramolecular Hbond substituents is 1. The fourth-order valence-corrected chi connectivity index (χ4v) is 5.29. The molecule has 3 aromatic heterocycles. The minimum atomic E-state index is -0.00687. The molecular weight excluding hydrogens is 677 g/mol. The molecule has 0 radical (unpaired) electrons. The first-order valence-corrected chi connectivity index (χ1v) is 13.0. The quantitative estimate of drug-likeness (QED) is 0.148. The van der Waals surface area contributed by atoms with Gasteiger partial charge in [-0.15, -0.1) is 17.5 Å². The zero-order valence-electron chi connectivity index (χ0n) is 22.3. The normalized spacial score (nSPS) is 11.8. The third-order valence-corrected chi connectivity index (χ3v) is 7.27. The molecule has 0 atom stereocenters. The number of para-hydroxylation sites is 1. The summed E-state index contributed by atoms with van der Waals surface area (Å²) in [5.41, 5.74) is 3.64. The predicted molar refractivity (Wildman–Crippen MR) is 157 cm³/mol. The van der Waals surface area contributed by atoms with E-state index in [-0.39, 0.29) is 32.2 Å². The van der Waals surface area contributed by atoms with Gasteiger partial charge in [0.15, 0.2) is 0 Å². The number of aromatic nitrogens is 3. The number of aromatic hydroxyl groups is 1. The molecule has 0 aliphatic heterocycles. The summed E-state index contributed by atoms with van der Waals surface area (Å²) in [4.78, 5) is 9.39. The number of hydrogen-bond donors (Lipinski definition) is 1. The van der Waals surface area contributed by atoms with Crippen LogP contribution in [0.3, 0.4) is 0 Å². The molecular formula is C34H26N3O2Pt-. The Morgan fingerprint density at radius 3 is 2.38 bits per heavy atom. The molecule has 0 fully saturated rings. The topological polar surface area (TPSA) is 60.2 Å². The van der Waals surface area contributed by atoms with Gasteiger partial charge in [-0.25, -0.2) is 9.97 Å². The van der Waals surface area contributed by atoms with Crippen molar-refractivity contribution in [3.05, 3.63) is 109 Å². The maximum Gasteiger partial charge on any atom is 0.217 e. The largest absolute Gasteiger partial charge is 0.506 e. The number of pyridine rings is 2. The van der Waals surface area contributed by atoms with Crippen LogP contribution in [0.5, 0.6) is 17.4 Å². The van der Waals surface area contributed by atoms with E-state index < -0.39 is 0 Å². The molecule has 0 spiro atoms. The van der Waals surface area contributed by atoms with Crippen molar-refractivity contribution in [1.29, 1.82) is 0 Å². The predicted octanol–water partition coefficient (Wildman–Crippen LogP) is 8.47.